The summed E-state index contributed by atoms with van der Waals surface area (Å²) in [6.45, 7) is 8.81. The largest absolute Gasteiger partial charge is 0.464 e. The van der Waals surface area contributed by atoms with Crippen LogP contribution in [0.2, 0.25) is 0 Å². The van der Waals surface area contributed by atoms with Gasteiger partial charge in [-0.3, -0.25) is 0 Å². The second-order valence-corrected chi connectivity index (χ2v) is 5.15. The average Bonchev–Trinajstić information content (AvgIpc) is 2.74. The van der Waals surface area contributed by atoms with Crippen LogP contribution in [0.1, 0.15) is 38.6 Å². The Labute approximate surface area is 119 Å². The van der Waals surface area contributed by atoms with Crippen LogP contribution in [0.4, 0.5) is 0 Å². The van der Waals surface area contributed by atoms with Crippen molar-refractivity contribution in [3.8, 4) is 0 Å². The molecule has 4 heteroatoms. The highest BCUT2D eigenvalue weighted by Gasteiger charge is 2.16. The molecule has 20 heavy (non-hydrogen) atoms. The maximum Gasteiger partial charge on any atom is 0.356 e. The Balaban J connectivity index is 2.45. The predicted molar refractivity (Wildman–Crippen MR) is 78.1 cm³/mol. The van der Waals surface area contributed by atoms with Crippen LogP contribution in [0, 0.1) is 27.7 Å². The van der Waals surface area contributed by atoms with Crippen molar-refractivity contribution in [3.63, 3.8) is 0 Å². The van der Waals surface area contributed by atoms with Gasteiger partial charge in [-0.2, -0.15) is 0 Å². The number of rotatable bonds is 3. The van der Waals surface area contributed by atoms with Crippen molar-refractivity contribution in [2.75, 3.05) is 7.11 Å². The van der Waals surface area contributed by atoms with Gasteiger partial charge in [0, 0.05) is 0 Å². The molecule has 106 valence electrons. The molecule has 2 rings (SSSR count). The molecule has 1 aromatic carbocycles. The van der Waals surface area contributed by atoms with Crippen molar-refractivity contribution in [1.82, 2.24) is 9.55 Å². The maximum absolute atomic E-state index is 11.8. The van der Waals surface area contributed by atoms with Crippen LogP contribution >= 0.6 is 0 Å². The van der Waals surface area contributed by atoms with Crippen LogP contribution in [-0.4, -0.2) is 22.6 Å². The molecule has 0 aliphatic rings. The lowest BCUT2D eigenvalue weighted by atomic mass is 10.00. The molecule has 2 aromatic rings. The fourth-order valence-corrected chi connectivity index (χ4v) is 2.55. The topological polar surface area (TPSA) is 44.1 Å². The van der Waals surface area contributed by atoms with E-state index < -0.39 is 0 Å². The quantitative estimate of drug-likeness (QED) is 0.807. The fraction of sp³-hybridized carbons (Fsp3) is 0.375. The zero-order valence-corrected chi connectivity index (χ0v) is 12.7. The van der Waals surface area contributed by atoms with E-state index in [9.17, 15) is 4.79 Å². The summed E-state index contributed by atoms with van der Waals surface area (Å²) in [6, 6.07) is 4.32. The Bertz CT molecular complexity index is 633. The first-order valence-corrected chi connectivity index (χ1v) is 6.61. The first kappa shape index (κ1) is 14.3. The number of benzene rings is 1. The Morgan fingerprint density at radius 1 is 1.20 bits per heavy atom. The van der Waals surface area contributed by atoms with E-state index in [2.05, 4.69) is 37.9 Å². The van der Waals surface area contributed by atoms with Crippen LogP contribution in [0.15, 0.2) is 18.3 Å². The zero-order chi connectivity index (χ0) is 14.9. The van der Waals surface area contributed by atoms with E-state index in [0.717, 1.165) is 5.82 Å². The minimum Gasteiger partial charge on any atom is -0.464 e. The smallest absolute Gasteiger partial charge is 0.356 e. The fourth-order valence-electron chi connectivity index (χ4n) is 2.55. The van der Waals surface area contributed by atoms with Gasteiger partial charge in [-0.15, -0.1) is 0 Å². The summed E-state index contributed by atoms with van der Waals surface area (Å²) >= 11 is 0. The van der Waals surface area contributed by atoms with E-state index in [0.29, 0.717) is 12.2 Å². The van der Waals surface area contributed by atoms with Gasteiger partial charge in [-0.25, -0.2) is 9.78 Å². The molecule has 0 amide bonds. The van der Waals surface area contributed by atoms with Gasteiger partial charge in [0.2, 0.25) is 0 Å². The van der Waals surface area contributed by atoms with Crippen molar-refractivity contribution >= 4 is 5.97 Å². The first-order chi connectivity index (χ1) is 9.43. The van der Waals surface area contributed by atoms with Gasteiger partial charge in [-0.05, 0) is 44.4 Å². The molecule has 0 spiro atoms. The Morgan fingerprint density at radius 3 is 2.35 bits per heavy atom. The van der Waals surface area contributed by atoms with Crippen LogP contribution in [0.25, 0.3) is 0 Å². The molecule has 1 aromatic heterocycles. The summed E-state index contributed by atoms with van der Waals surface area (Å²) in [5.74, 6) is 0.456. The van der Waals surface area contributed by atoms with Gasteiger partial charge in [0.25, 0.3) is 0 Å². The molecular formula is C16H20N2O2. The van der Waals surface area contributed by atoms with Crippen LogP contribution in [-0.2, 0) is 11.3 Å². The van der Waals surface area contributed by atoms with Gasteiger partial charge in [0.15, 0.2) is 0 Å². The van der Waals surface area contributed by atoms with Crippen molar-refractivity contribution in [2.45, 2.75) is 34.2 Å². The zero-order valence-electron chi connectivity index (χ0n) is 12.7. The molecule has 0 fully saturated rings. The second kappa shape index (κ2) is 5.49. The van der Waals surface area contributed by atoms with Crippen LogP contribution in [0.3, 0.4) is 0 Å². The lowest BCUT2D eigenvalue weighted by Crippen LogP contribution is -2.14. The van der Waals surface area contributed by atoms with Gasteiger partial charge in [-0.1, -0.05) is 17.7 Å². The van der Waals surface area contributed by atoms with Gasteiger partial charge < -0.3 is 9.30 Å². The highest BCUT2D eigenvalue weighted by Crippen LogP contribution is 2.19. The van der Waals surface area contributed by atoms with Crippen LogP contribution < -0.4 is 0 Å². The summed E-state index contributed by atoms with van der Waals surface area (Å²) < 4.78 is 6.71. The monoisotopic (exact) mass is 272 g/mol. The van der Waals surface area contributed by atoms with E-state index in [-0.39, 0.29) is 5.97 Å². The number of nitrogens with zero attached hydrogens (tertiary/aromatic N) is 2. The van der Waals surface area contributed by atoms with E-state index in [1.165, 1.54) is 29.4 Å². The molecule has 0 N–H and O–H groups in total. The Morgan fingerprint density at radius 2 is 1.80 bits per heavy atom. The first-order valence-electron chi connectivity index (χ1n) is 6.61. The normalized spacial score (nSPS) is 10.7. The van der Waals surface area contributed by atoms with E-state index in [1.807, 2.05) is 11.5 Å². The third-order valence-electron chi connectivity index (χ3n) is 3.61. The molecular weight excluding hydrogens is 252 g/mol. The Kier molecular flexibility index (Phi) is 3.93. The number of aryl methyl sites for hydroxylation is 4. The van der Waals surface area contributed by atoms with Gasteiger partial charge >= 0.3 is 5.97 Å². The number of methoxy groups -OCH3 is 1. The number of carbonyl (C=O) groups excluding carboxylic acids is 1. The summed E-state index contributed by atoms with van der Waals surface area (Å²) in [7, 11) is 1.39. The van der Waals surface area contributed by atoms with Gasteiger partial charge in [0.05, 0.1) is 19.9 Å². The van der Waals surface area contributed by atoms with Gasteiger partial charge in [0.1, 0.15) is 11.5 Å². The summed E-state index contributed by atoms with van der Waals surface area (Å²) in [4.78, 5) is 16.0. The molecule has 1 heterocycles. The lowest BCUT2D eigenvalue weighted by Gasteiger charge is -2.14. The minimum absolute atomic E-state index is 0.354. The van der Waals surface area contributed by atoms with E-state index >= 15 is 0 Å². The molecule has 0 bridgehead atoms. The minimum atomic E-state index is -0.354. The summed E-state index contributed by atoms with van der Waals surface area (Å²) in [5, 5.41) is 0. The lowest BCUT2D eigenvalue weighted by molar-refractivity contribution is 0.0588. The van der Waals surface area contributed by atoms with Crippen molar-refractivity contribution in [2.24, 2.45) is 0 Å². The second-order valence-electron chi connectivity index (χ2n) is 5.15. The molecule has 4 nitrogen and oxygen atoms in total. The van der Waals surface area contributed by atoms with E-state index in [1.54, 1.807) is 6.20 Å². The number of esters is 1. The highest BCUT2D eigenvalue weighted by atomic mass is 16.5. The van der Waals surface area contributed by atoms with Crippen molar-refractivity contribution < 1.29 is 9.53 Å². The molecule has 0 radical (unpaired) electrons. The maximum atomic E-state index is 11.8. The predicted octanol–water partition coefficient (Wildman–Crippen LogP) is 2.95. The molecule has 0 saturated carbocycles. The number of hydrogen-bond donors (Lipinski definition) is 0. The standard InChI is InChI=1S/C16H20N2O2/c1-10-6-11(2)14(12(3)7-10)9-18-13(4)17-8-15(18)16(19)20-5/h6-8H,9H2,1-5H3. The molecule has 0 unspecified atom stereocenters. The molecule has 0 saturated heterocycles. The number of aromatic nitrogens is 2. The number of imidazole rings is 1. The molecule has 0 aliphatic carbocycles. The van der Waals surface area contributed by atoms with Crippen LogP contribution in [0.5, 0.6) is 0 Å². The number of hydrogen-bond acceptors (Lipinski definition) is 3. The Hall–Kier alpha value is -2.10. The SMILES string of the molecule is COC(=O)c1cnc(C)n1Cc1c(C)cc(C)cc1C. The number of ether oxygens (including phenoxy) is 1. The van der Waals surface area contributed by atoms with Crippen molar-refractivity contribution in [3.05, 3.63) is 52.1 Å². The number of carbonyl (C=O) groups is 1. The average molecular weight is 272 g/mol. The highest BCUT2D eigenvalue weighted by molar-refractivity contribution is 5.87. The molecule has 0 atom stereocenters. The third kappa shape index (κ3) is 2.59. The summed E-state index contributed by atoms with van der Waals surface area (Å²) in [5.41, 5.74) is 5.42. The van der Waals surface area contributed by atoms with Crippen molar-refractivity contribution in [1.29, 1.82) is 0 Å². The van der Waals surface area contributed by atoms with E-state index in [4.69, 9.17) is 4.74 Å². The summed E-state index contributed by atoms with van der Waals surface area (Å²) in [6.07, 6.45) is 1.57. The molecule has 0 aliphatic heterocycles. The third-order valence-corrected chi connectivity index (χ3v) is 3.61.